The zero-order chi connectivity index (χ0) is 17.1. The van der Waals surface area contributed by atoms with Gasteiger partial charge in [-0.2, -0.15) is 0 Å². The number of aromatic nitrogens is 1. The first-order valence-corrected chi connectivity index (χ1v) is 7.78. The van der Waals surface area contributed by atoms with E-state index in [4.69, 9.17) is 9.84 Å². The summed E-state index contributed by atoms with van der Waals surface area (Å²) >= 11 is 0. The lowest BCUT2D eigenvalue weighted by Crippen LogP contribution is -2.32. The predicted octanol–water partition coefficient (Wildman–Crippen LogP) is 2.77. The Hall–Kier alpha value is -2.89. The lowest BCUT2D eigenvalue weighted by molar-refractivity contribution is 0.0696. The second kappa shape index (κ2) is 6.70. The third-order valence-electron chi connectivity index (χ3n) is 4.13. The fourth-order valence-electron chi connectivity index (χ4n) is 2.87. The smallest absolute Gasteiger partial charge is 0.335 e. The van der Waals surface area contributed by atoms with Gasteiger partial charge in [0.05, 0.1) is 18.4 Å². The molecule has 0 saturated carbocycles. The number of hydrogen-bond donors (Lipinski definition) is 1. The van der Waals surface area contributed by atoms with Crippen LogP contribution in [0.25, 0.3) is 0 Å². The number of fused-ring (bicyclic) bond motifs is 1. The summed E-state index contributed by atoms with van der Waals surface area (Å²) in [6, 6.07) is 8.39. The largest absolute Gasteiger partial charge is 0.497 e. The average molecular weight is 326 g/mol. The van der Waals surface area contributed by atoms with E-state index >= 15 is 0 Å². The molecule has 1 aliphatic rings. The van der Waals surface area contributed by atoms with Gasteiger partial charge in [0, 0.05) is 18.8 Å². The number of pyridine rings is 1. The Morgan fingerprint density at radius 1 is 1.21 bits per heavy atom. The van der Waals surface area contributed by atoms with Crippen LogP contribution in [0.15, 0.2) is 36.5 Å². The fraction of sp³-hybridized carbons (Fsp3) is 0.278. The van der Waals surface area contributed by atoms with E-state index in [1.54, 1.807) is 12.0 Å². The normalized spacial score (nSPS) is 13.8. The van der Waals surface area contributed by atoms with E-state index < -0.39 is 5.97 Å². The molecular weight excluding hydrogens is 308 g/mol. The molecule has 24 heavy (non-hydrogen) atoms. The molecule has 2 heterocycles. The number of rotatable bonds is 3. The maximum atomic E-state index is 12.9. The first-order chi connectivity index (χ1) is 11.6. The van der Waals surface area contributed by atoms with Gasteiger partial charge in [-0.1, -0.05) is 6.07 Å². The number of carbonyl (C=O) groups excluding carboxylic acids is 1. The van der Waals surface area contributed by atoms with Crippen molar-refractivity contribution in [1.82, 2.24) is 4.98 Å². The van der Waals surface area contributed by atoms with Gasteiger partial charge >= 0.3 is 5.97 Å². The van der Waals surface area contributed by atoms with Crippen molar-refractivity contribution in [1.29, 1.82) is 0 Å². The lowest BCUT2D eigenvalue weighted by atomic mass is 10.1. The van der Waals surface area contributed by atoms with Crippen molar-refractivity contribution in [2.45, 2.75) is 19.3 Å². The van der Waals surface area contributed by atoms with Crippen LogP contribution in [0.2, 0.25) is 0 Å². The monoisotopic (exact) mass is 326 g/mol. The number of carbonyl (C=O) groups is 2. The van der Waals surface area contributed by atoms with E-state index in [1.807, 2.05) is 18.2 Å². The second-order valence-corrected chi connectivity index (χ2v) is 5.64. The molecule has 124 valence electrons. The van der Waals surface area contributed by atoms with Crippen LogP contribution >= 0.6 is 0 Å². The molecule has 1 aliphatic heterocycles. The van der Waals surface area contributed by atoms with E-state index in [0.29, 0.717) is 12.3 Å². The van der Waals surface area contributed by atoms with Gasteiger partial charge in [-0.25, -0.2) is 4.79 Å². The standard InChI is InChI=1S/C18H18N2O4/c1-24-14-6-5-12-4-2-3-9-20(16(12)11-14)17(21)15-10-13(18(22)23)7-8-19-15/h5-8,10-11H,2-4,9H2,1H3,(H,22,23). The molecule has 1 aromatic heterocycles. The van der Waals surface area contributed by atoms with Crippen LogP contribution in [-0.4, -0.2) is 35.6 Å². The Bertz CT molecular complexity index is 788. The number of nitrogens with zero attached hydrogens (tertiary/aromatic N) is 2. The van der Waals surface area contributed by atoms with Crippen molar-refractivity contribution < 1.29 is 19.4 Å². The molecule has 0 spiro atoms. The lowest BCUT2D eigenvalue weighted by Gasteiger charge is -2.23. The molecular formula is C18H18N2O4. The zero-order valence-corrected chi connectivity index (χ0v) is 13.4. The molecule has 6 heteroatoms. The molecule has 0 fully saturated rings. The van der Waals surface area contributed by atoms with E-state index in [-0.39, 0.29) is 17.2 Å². The van der Waals surface area contributed by atoms with Crippen LogP contribution in [-0.2, 0) is 6.42 Å². The Morgan fingerprint density at radius 2 is 2.04 bits per heavy atom. The van der Waals surface area contributed by atoms with Gasteiger partial charge in [-0.3, -0.25) is 9.78 Å². The number of aromatic carboxylic acids is 1. The van der Waals surface area contributed by atoms with Crippen molar-refractivity contribution in [3.8, 4) is 5.75 Å². The minimum absolute atomic E-state index is 0.0500. The van der Waals surface area contributed by atoms with Gasteiger partial charge in [0.15, 0.2) is 0 Å². The molecule has 1 N–H and O–H groups in total. The molecule has 0 atom stereocenters. The number of anilines is 1. The highest BCUT2D eigenvalue weighted by atomic mass is 16.5. The number of methoxy groups -OCH3 is 1. The van der Waals surface area contributed by atoms with Gasteiger partial charge in [0.25, 0.3) is 5.91 Å². The summed E-state index contributed by atoms with van der Waals surface area (Å²) in [5, 5.41) is 9.10. The maximum absolute atomic E-state index is 12.9. The van der Waals surface area contributed by atoms with Crippen molar-refractivity contribution in [2.75, 3.05) is 18.6 Å². The summed E-state index contributed by atoms with van der Waals surface area (Å²) in [4.78, 5) is 29.8. The highest BCUT2D eigenvalue weighted by molar-refractivity contribution is 6.06. The Kier molecular flexibility index (Phi) is 4.46. The molecule has 6 nitrogen and oxygen atoms in total. The molecule has 0 saturated heterocycles. The van der Waals surface area contributed by atoms with Crippen LogP contribution in [0, 0.1) is 0 Å². The van der Waals surface area contributed by atoms with Gasteiger partial charge in [0.2, 0.25) is 0 Å². The van der Waals surface area contributed by atoms with Crippen LogP contribution in [0.3, 0.4) is 0 Å². The van der Waals surface area contributed by atoms with Gasteiger partial charge < -0.3 is 14.7 Å². The summed E-state index contributed by atoms with van der Waals surface area (Å²) in [5.41, 5.74) is 2.06. The van der Waals surface area contributed by atoms with Gasteiger partial charge in [-0.15, -0.1) is 0 Å². The summed E-state index contributed by atoms with van der Waals surface area (Å²) in [5.74, 6) is -0.695. The third-order valence-corrected chi connectivity index (χ3v) is 4.13. The van der Waals surface area contributed by atoms with Crippen molar-refractivity contribution in [3.63, 3.8) is 0 Å². The van der Waals surface area contributed by atoms with Crippen LogP contribution < -0.4 is 9.64 Å². The zero-order valence-electron chi connectivity index (χ0n) is 13.4. The van der Waals surface area contributed by atoms with Crippen LogP contribution in [0.5, 0.6) is 5.75 Å². The number of carboxylic acid groups (broad SMARTS) is 1. The molecule has 1 amide bonds. The topological polar surface area (TPSA) is 79.7 Å². The summed E-state index contributed by atoms with van der Waals surface area (Å²) in [7, 11) is 1.59. The molecule has 0 bridgehead atoms. The van der Waals surface area contributed by atoms with E-state index in [2.05, 4.69) is 4.98 Å². The Balaban J connectivity index is 2.01. The van der Waals surface area contributed by atoms with Crippen molar-refractivity contribution in [2.24, 2.45) is 0 Å². The summed E-state index contributed by atoms with van der Waals surface area (Å²) in [6.45, 7) is 0.567. The highest BCUT2D eigenvalue weighted by Crippen LogP contribution is 2.31. The predicted molar refractivity (Wildman–Crippen MR) is 88.8 cm³/mol. The highest BCUT2D eigenvalue weighted by Gasteiger charge is 2.24. The second-order valence-electron chi connectivity index (χ2n) is 5.64. The SMILES string of the molecule is COc1ccc2c(c1)N(C(=O)c1cc(C(=O)O)ccn1)CCCC2. The molecule has 0 radical (unpaired) electrons. The minimum atomic E-state index is -1.08. The van der Waals surface area contributed by atoms with Gasteiger partial charge in [-0.05, 0) is 43.0 Å². The number of carboxylic acids is 1. The minimum Gasteiger partial charge on any atom is -0.497 e. The van der Waals surface area contributed by atoms with Crippen LogP contribution in [0.4, 0.5) is 5.69 Å². The molecule has 2 aromatic rings. The Morgan fingerprint density at radius 3 is 2.79 bits per heavy atom. The Labute approximate surface area is 139 Å². The first-order valence-electron chi connectivity index (χ1n) is 7.78. The molecule has 3 rings (SSSR count). The van der Waals surface area contributed by atoms with E-state index in [0.717, 1.165) is 30.5 Å². The summed E-state index contributed by atoms with van der Waals surface area (Å²) in [6.07, 6.45) is 4.11. The average Bonchev–Trinajstić information content (AvgIpc) is 2.82. The van der Waals surface area contributed by atoms with Crippen LogP contribution in [0.1, 0.15) is 39.3 Å². The quantitative estimate of drug-likeness (QED) is 0.938. The molecule has 0 unspecified atom stereocenters. The fourth-order valence-corrected chi connectivity index (χ4v) is 2.87. The number of ether oxygens (including phenoxy) is 1. The molecule has 1 aromatic carbocycles. The third kappa shape index (κ3) is 3.08. The van der Waals surface area contributed by atoms with Gasteiger partial charge in [0.1, 0.15) is 11.4 Å². The first kappa shape index (κ1) is 16.0. The number of aryl methyl sites for hydroxylation is 1. The maximum Gasteiger partial charge on any atom is 0.335 e. The summed E-state index contributed by atoms with van der Waals surface area (Å²) < 4.78 is 5.27. The van der Waals surface area contributed by atoms with Crippen molar-refractivity contribution >= 4 is 17.6 Å². The van der Waals surface area contributed by atoms with E-state index in [1.165, 1.54) is 18.3 Å². The number of amides is 1. The van der Waals surface area contributed by atoms with E-state index in [9.17, 15) is 9.59 Å². The number of benzene rings is 1. The molecule has 0 aliphatic carbocycles. The van der Waals surface area contributed by atoms with Crippen molar-refractivity contribution in [3.05, 3.63) is 53.3 Å². The number of hydrogen-bond acceptors (Lipinski definition) is 4.